The van der Waals surface area contributed by atoms with Crippen LogP contribution in [-0.2, 0) is 5.41 Å². The SMILES string of the molecule is c1ccc(-n2c3ccccc3c3ccc(-c4ccc(-c5ccc6c(c5)C5(c7ccccc7O6)c6ccccc6-c6ccccc65)cc4)cc32)cc1. The molecule has 0 N–H and O–H groups in total. The van der Waals surface area contributed by atoms with Gasteiger partial charge in [-0.15, -0.1) is 0 Å². The Bertz CT molecular complexity index is 2780. The van der Waals surface area contributed by atoms with Crippen molar-refractivity contribution in [2.45, 2.75) is 5.41 Å². The number of rotatable bonds is 3. The average molecular weight is 650 g/mol. The lowest BCUT2D eigenvalue weighted by atomic mass is 9.66. The molecule has 1 aliphatic carbocycles. The summed E-state index contributed by atoms with van der Waals surface area (Å²) in [7, 11) is 0. The monoisotopic (exact) mass is 649 g/mol. The topological polar surface area (TPSA) is 14.2 Å². The van der Waals surface area contributed by atoms with Crippen LogP contribution < -0.4 is 4.74 Å². The van der Waals surface area contributed by atoms with Crippen molar-refractivity contribution in [3.63, 3.8) is 0 Å². The van der Waals surface area contributed by atoms with E-state index in [2.05, 4.69) is 193 Å². The largest absolute Gasteiger partial charge is 0.457 e. The molecule has 0 unspecified atom stereocenters. The van der Waals surface area contributed by atoms with Crippen molar-refractivity contribution >= 4 is 21.8 Å². The van der Waals surface area contributed by atoms with E-state index in [-0.39, 0.29) is 0 Å². The molecule has 2 aliphatic rings. The lowest BCUT2D eigenvalue weighted by Crippen LogP contribution is -2.32. The molecule has 0 saturated heterocycles. The molecular formula is C49H31NO. The zero-order valence-corrected chi connectivity index (χ0v) is 27.8. The minimum absolute atomic E-state index is 0.472. The number of hydrogen-bond donors (Lipinski definition) is 0. The van der Waals surface area contributed by atoms with Gasteiger partial charge in [-0.25, -0.2) is 0 Å². The molecule has 8 aromatic carbocycles. The first-order chi connectivity index (χ1) is 25.3. The molecule has 0 amide bonds. The molecule has 0 radical (unpaired) electrons. The highest BCUT2D eigenvalue weighted by atomic mass is 16.5. The number of nitrogens with zero attached hydrogens (tertiary/aromatic N) is 1. The van der Waals surface area contributed by atoms with Crippen molar-refractivity contribution in [2.75, 3.05) is 0 Å². The molecule has 0 bridgehead atoms. The quantitative estimate of drug-likeness (QED) is 0.186. The van der Waals surface area contributed by atoms with E-state index in [9.17, 15) is 0 Å². The molecule has 1 spiro atoms. The molecule has 1 aromatic heterocycles. The van der Waals surface area contributed by atoms with Crippen LogP contribution in [0.25, 0.3) is 60.9 Å². The smallest absolute Gasteiger partial charge is 0.132 e. The van der Waals surface area contributed by atoms with Crippen molar-refractivity contribution in [1.82, 2.24) is 4.57 Å². The van der Waals surface area contributed by atoms with Crippen molar-refractivity contribution < 1.29 is 4.74 Å². The number of fused-ring (bicyclic) bond motifs is 12. The fourth-order valence-corrected chi connectivity index (χ4v) is 8.90. The van der Waals surface area contributed by atoms with Crippen LogP contribution >= 0.6 is 0 Å². The molecule has 2 heterocycles. The molecular weight excluding hydrogens is 619 g/mol. The molecule has 0 atom stereocenters. The second-order valence-electron chi connectivity index (χ2n) is 13.6. The maximum absolute atomic E-state index is 6.66. The molecule has 2 nitrogen and oxygen atoms in total. The number of para-hydroxylation sites is 3. The Hall–Kier alpha value is -6.64. The fraction of sp³-hybridized carbons (Fsp3) is 0.0204. The summed E-state index contributed by atoms with van der Waals surface area (Å²) in [6.07, 6.45) is 0. The van der Waals surface area contributed by atoms with Crippen molar-refractivity contribution in [1.29, 1.82) is 0 Å². The van der Waals surface area contributed by atoms with Crippen LogP contribution in [0, 0.1) is 0 Å². The Kier molecular flexibility index (Phi) is 5.91. The molecule has 238 valence electrons. The Morgan fingerprint density at radius 1 is 0.353 bits per heavy atom. The second-order valence-corrected chi connectivity index (χ2v) is 13.6. The molecule has 51 heavy (non-hydrogen) atoms. The van der Waals surface area contributed by atoms with Gasteiger partial charge in [0.05, 0.1) is 16.4 Å². The summed E-state index contributed by atoms with van der Waals surface area (Å²) < 4.78 is 9.04. The molecule has 0 fully saturated rings. The number of benzene rings is 8. The van der Waals surface area contributed by atoms with Gasteiger partial charge in [0.25, 0.3) is 0 Å². The molecule has 2 heteroatoms. The third-order valence-electron chi connectivity index (χ3n) is 11.1. The van der Waals surface area contributed by atoms with Gasteiger partial charge in [-0.2, -0.15) is 0 Å². The Labute approximate surface area is 296 Å². The zero-order chi connectivity index (χ0) is 33.5. The minimum Gasteiger partial charge on any atom is -0.457 e. The highest BCUT2D eigenvalue weighted by Gasteiger charge is 2.50. The number of ether oxygens (including phenoxy) is 1. The Morgan fingerprint density at radius 3 is 1.63 bits per heavy atom. The van der Waals surface area contributed by atoms with Crippen LogP contribution in [0.1, 0.15) is 22.3 Å². The van der Waals surface area contributed by atoms with Gasteiger partial charge >= 0.3 is 0 Å². The molecule has 9 aromatic rings. The average Bonchev–Trinajstić information content (AvgIpc) is 3.69. The van der Waals surface area contributed by atoms with Crippen LogP contribution in [0.2, 0.25) is 0 Å². The van der Waals surface area contributed by atoms with E-state index in [4.69, 9.17) is 4.74 Å². The van der Waals surface area contributed by atoms with Gasteiger partial charge < -0.3 is 9.30 Å². The molecule has 11 rings (SSSR count). The predicted molar refractivity (Wildman–Crippen MR) is 209 cm³/mol. The minimum atomic E-state index is -0.472. The van der Waals surface area contributed by atoms with Gasteiger partial charge in [-0.05, 0) is 87.0 Å². The lowest BCUT2D eigenvalue weighted by Gasteiger charge is -2.39. The maximum atomic E-state index is 6.66. The van der Waals surface area contributed by atoms with E-state index < -0.39 is 5.41 Å². The standard InChI is InChI=1S/C49H31NO/c1-2-12-36(13-3-1)50-45-20-10-6-16-39(45)40-28-26-35(31-46(40)50)33-24-22-32(23-25-33)34-27-29-48-44(30-34)49(43-19-9-11-21-47(43)51-48)41-17-7-4-14-37(41)38-15-5-8-18-42(38)49/h1-31H. The van der Waals surface area contributed by atoms with E-state index in [1.165, 1.54) is 83.1 Å². The van der Waals surface area contributed by atoms with E-state index in [1.807, 2.05) is 0 Å². The van der Waals surface area contributed by atoms with Gasteiger partial charge in [-0.1, -0.05) is 146 Å². The number of aromatic nitrogens is 1. The van der Waals surface area contributed by atoms with Gasteiger partial charge in [0, 0.05) is 27.6 Å². The van der Waals surface area contributed by atoms with Crippen molar-refractivity contribution in [2.24, 2.45) is 0 Å². The molecule has 1 aliphatic heterocycles. The lowest BCUT2D eigenvalue weighted by molar-refractivity contribution is 0.436. The van der Waals surface area contributed by atoms with E-state index >= 15 is 0 Å². The summed E-state index contributed by atoms with van der Waals surface area (Å²) in [5.41, 5.74) is 15.4. The van der Waals surface area contributed by atoms with Gasteiger partial charge in [0.2, 0.25) is 0 Å². The third-order valence-corrected chi connectivity index (χ3v) is 11.1. The van der Waals surface area contributed by atoms with E-state index in [1.54, 1.807) is 0 Å². The normalized spacial score (nSPS) is 13.4. The highest BCUT2D eigenvalue weighted by molar-refractivity contribution is 6.10. The predicted octanol–water partition coefficient (Wildman–Crippen LogP) is 12.6. The Morgan fingerprint density at radius 2 is 0.882 bits per heavy atom. The van der Waals surface area contributed by atoms with Gasteiger partial charge in [0.15, 0.2) is 0 Å². The summed E-state index contributed by atoms with van der Waals surface area (Å²) in [6.45, 7) is 0. The van der Waals surface area contributed by atoms with E-state index in [0.29, 0.717) is 0 Å². The van der Waals surface area contributed by atoms with Crippen LogP contribution in [0.15, 0.2) is 188 Å². The summed E-state index contributed by atoms with van der Waals surface area (Å²) in [5, 5.41) is 2.53. The van der Waals surface area contributed by atoms with Crippen molar-refractivity contribution in [3.8, 4) is 50.6 Å². The summed E-state index contributed by atoms with van der Waals surface area (Å²) in [5.74, 6) is 1.82. The summed E-state index contributed by atoms with van der Waals surface area (Å²) in [6, 6.07) is 68.3. The highest BCUT2D eigenvalue weighted by Crippen LogP contribution is 2.62. The first-order valence-electron chi connectivity index (χ1n) is 17.6. The first kappa shape index (κ1) is 28.2. The summed E-state index contributed by atoms with van der Waals surface area (Å²) >= 11 is 0. The van der Waals surface area contributed by atoms with Crippen LogP contribution in [0.3, 0.4) is 0 Å². The van der Waals surface area contributed by atoms with Gasteiger partial charge in [-0.3, -0.25) is 0 Å². The van der Waals surface area contributed by atoms with Crippen LogP contribution in [0.4, 0.5) is 0 Å². The summed E-state index contributed by atoms with van der Waals surface area (Å²) in [4.78, 5) is 0. The second kappa shape index (κ2) is 10.7. The fourth-order valence-electron chi connectivity index (χ4n) is 8.90. The third kappa shape index (κ3) is 3.93. The maximum Gasteiger partial charge on any atom is 0.132 e. The first-order valence-corrected chi connectivity index (χ1v) is 17.6. The zero-order valence-electron chi connectivity index (χ0n) is 27.8. The number of hydrogen-bond acceptors (Lipinski definition) is 1. The van der Waals surface area contributed by atoms with Crippen LogP contribution in [-0.4, -0.2) is 4.57 Å². The van der Waals surface area contributed by atoms with E-state index in [0.717, 1.165) is 11.5 Å². The van der Waals surface area contributed by atoms with Crippen molar-refractivity contribution in [3.05, 3.63) is 210 Å². The Balaban J connectivity index is 1.05. The molecule has 0 saturated carbocycles. The van der Waals surface area contributed by atoms with Gasteiger partial charge in [0.1, 0.15) is 11.5 Å². The van der Waals surface area contributed by atoms with Crippen LogP contribution in [0.5, 0.6) is 11.5 Å².